The summed E-state index contributed by atoms with van der Waals surface area (Å²) in [6.45, 7) is 0.0653. The third-order valence-corrected chi connectivity index (χ3v) is 5.96. The van der Waals surface area contributed by atoms with Crippen molar-refractivity contribution < 1.29 is 22.3 Å². The van der Waals surface area contributed by atoms with Gasteiger partial charge in [0.2, 0.25) is 6.10 Å². The smallest absolute Gasteiger partial charge is 0.415 e. The van der Waals surface area contributed by atoms with E-state index in [-0.39, 0.29) is 24.0 Å². The first-order valence-electron chi connectivity index (χ1n) is 7.27. The number of nitrogens with zero attached hydrogens (tertiary/aromatic N) is 2. The van der Waals surface area contributed by atoms with Gasteiger partial charge in [0.25, 0.3) is 0 Å². The number of carbonyl (C=O) groups is 1. The molecule has 6 nitrogen and oxygen atoms in total. The van der Waals surface area contributed by atoms with Gasteiger partial charge in [-0.2, -0.15) is 5.26 Å². The molecule has 1 amide bonds. The molecule has 122 valence electrons. The van der Waals surface area contributed by atoms with Crippen molar-refractivity contribution in [1.82, 2.24) is 0 Å². The molecule has 1 atom stereocenters. The van der Waals surface area contributed by atoms with Crippen molar-refractivity contribution in [2.75, 3.05) is 23.0 Å². The van der Waals surface area contributed by atoms with E-state index in [1.807, 2.05) is 6.07 Å². The number of ether oxygens (including phenoxy) is 1. The number of hydrogen-bond donors (Lipinski definition) is 0. The minimum atomic E-state index is -3.00. The average molecular weight is 338 g/mol. The zero-order chi connectivity index (χ0) is 16.6. The van der Waals surface area contributed by atoms with Crippen LogP contribution in [0.3, 0.4) is 0 Å². The molecule has 0 spiro atoms. The Morgan fingerprint density at radius 2 is 2.00 bits per heavy atom. The molecule has 2 aliphatic heterocycles. The van der Waals surface area contributed by atoms with E-state index in [4.69, 9.17) is 10.00 Å². The van der Waals surface area contributed by atoms with Gasteiger partial charge in [-0.05, 0) is 36.5 Å². The third-order valence-electron chi connectivity index (χ3n) is 4.25. The minimum absolute atomic E-state index is 0.0653. The lowest BCUT2D eigenvalue weighted by molar-refractivity contribution is 0.162. The first-order chi connectivity index (χ1) is 10.9. The summed E-state index contributed by atoms with van der Waals surface area (Å²) in [5, 5.41) is 8.78. The summed E-state index contributed by atoms with van der Waals surface area (Å²) in [7, 11) is -3.00. The molecule has 1 aromatic rings. The van der Waals surface area contributed by atoms with Crippen LogP contribution in [0.1, 0.15) is 24.3 Å². The number of halogens is 1. The third kappa shape index (κ3) is 3.15. The SMILES string of the molecule is N#C[C@H]1CN(c2ccc(C3CCS(=O)(=O)CC3)c(F)c2)C(=O)O1. The standard InChI is InChI=1S/C15H15FN2O4S/c16-14-7-11(18-9-12(8-17)22-15(18)19)1-2-13(14)10-3-5-23(20,21)6-4-10/h1-2,7,10,12H,3-6,9H2/t12-/m0/s1. The molecule has 0 N–H and O–H groups in total. The Hall–Kier alpha value is -2.14. The van der Waals surface area contributed by atoms with Crippen molar-refractivity contribution in [3.63, 3.8) is 0 Å². The van der Waals surface area contributed by atoms with Gasteiger partial charge in [0.05, 0.1) is 23.7 Å². The van der Waals surface area contributed by atoms with Gasteiger partial charge in [-0.1, -0.05) is 6.07 Å². The molecule has 0 aliphatic carbocycles. The molecule has 0 aromatic heterocycles. The maximum Gasteiger partial charge on any atom is 0.415 e. The van der Waals surface area contributed by atoms with Gasteiger partial charge in [-0.3, -0.25) is 4.90 Å². The molecule has 2 heterocycles. The fraction of sp³-hybridized carbons (Fsp3) is 0.467. The zero-order valence-corrected chi connectivity index (χ0v) is 13.1. The number of amides is 1. The molecule has 2 saturated heterocycles. The largest absolute Gasteiger partial charge is 0.428 e. The van der Waals surface area contributed by atoms with E-state index in [1.165, 1.54) is 11.0 Å². The van der Waals surface area contributed by atoms with Crippen molar-refractivity contribution in [2.45, 2.75) is 24.9 Å². The molecule has 0 unspecified atom stereocenters. The van der Waals surface area contributed by atoms with Gasteiger partial charge in [0.1, 0.15) is 21.7 Å². The average Bonchev–Trinajstić information content (AvgIpc) is 2.89. The highest BCUT2D eigenvalue weighted by Crippen LogP contribution is 2.33. The lowest BCUT2D eigenvalue weighted by Gasteiger charge is -2.23. The Labute approximate surface area is 133 Å². The maximum atomic E-state index is 14.4. The number of carbonyl (C=O) groups excluding carboxylic acids is 1. The van der Waals surface area contributed by atoms with Gasteiger partial charge in [-0.25, -0.2) is 17.6 Å². The van der Waals surface area contributed by atoms with Crippen molar-refractivity contribution in [3.8, 4) is 6.07 Å². The Morgan fingerprint density at radius 1 is 1.30 bits per heavy atom. The molecule has 2 aliphatic rings. The predicted molar refractivity (Wildman–Crippen MR) is 80.3 cm³/mol. The van der Waals surface area contributed by atoms with E-state index in [2.05, 4.69) is 0 Å². The van der Waals surface area contributed by atoms with Crippen molar-refractivity contribution >= 4 is 21.6 Å². The van der Waals surface area contributed by atoms with Crippen LogP contribution in [0.4, 0.5) is 14.9 Å². The van der Waals surface area contributed by atoms with E-state index in [1.54, 1.807) is 12.1 Å². The zero-order valence-electron chi connectivity index (χ0n) is 12.2. The van der Waals surface area contributed by atoms with Gasteiger partial charge >= 0.3 is 6.09 Å². The quantitative estimate of drug-likeness (QED) is 0.823. The maximum absolute atomic E-state index is 14.4. The van der Waals surface area contributed by atoms with Crippen molar-refractivity contribution in [2.24, 2.45) is 0 Å². The second kappa shape index (κ2) is 5.81. The molecular formula is C15H15FN2O4S. The topological polar surface area (TPSA) is 87.5 Å². The summed E-state index contributed by atoms with van der Waals surface area (Å²) in [5.74, 6) is -0.465. The normalized spacial score (nSPS) is 24.3. The Kier molecular flexibility index (Phi) is 3.98. The van der Waals surface area contributed by atoms with Crippen LogP contribution < -0.4 is 4.90 Å². The molecule has 3 rings (SSSR count). The molecular weight excluding hydrogens is 323 g/mol. The van der Waals surface area contributed by atoms with Crippen molar-refractivity contribution in [3.05, 3.63) is 29.6 Å². The Morgan fingerprint density at radius 3 is 2.57 bits per heavy atom. The lowest BCUT2D eigenvalue weighted by Crippen LogP contribution is -2.25. The van der Waals surface area contributed by atoms with E-state index < -0.39 is 27.9 Å². The Bertz CT molecular complexity index is 773. The number of rotatable bonds is 2. The summed E-state index contributed by atoms with van der Waals surface area (Å²) < 4.78 is 42.1. The van der Waals surface area contributed by atoms with Crippen LogP contribution in [0.15, 0.2) is 18.2 Å². The van der Waals surface area contributed by atoms with Gasteiger partial charge in [-0.15, -0.1) is 0 Å². The number of sulfone groups is 1. The van der Waals surface area contributed by atoms with Crippen LogP contribution >= 0.6 is 0 Å². The van der Waals surface area contributed by atoms with Crippen LogP contribution in [-0.2, 0) is 14.6 Å². The first-order valence-corrected chi connectivity index (χ1v) is 9.09. The molecule has 0 saturated carbocycles. The summed E-state index contributed by atoms with van der Waals surface area (Å²) in [4.78, 5) is 12.9. The monoisotopic (exact) mass is 338 g/mol. The summed E-state index contributed by atoms with van der Waals surface area (Å²) in [5.41, 5.74) is 0.797. The van der Waals surface area contributed by atoms with Crippen molar-refractivity contribution in [1.29, 1.82) is 5.26 Å². The molecule has 0 radical (unpaired) electrons. The van der Waals surface area contributed by atoms with Gasteiger partial charge < -0.3 is 4.74 Å². The number of anilines is 1. The van der Waals surface area contributed by atoms with Gasteiger partial charge in [0, 0.05) is 0 Å². The molecule has 1 aromatic carbocycles. The molecule has 0 bridgehead atoms. The highest BCUT2D eigenvalue weighted by Gasteiger charge is 2.33. The minimum Gasteiger partial charge on any atom is -0.428 e. The van der Waals surface area contributed by atoms with Crippen LogP contribution in [0.5, 0.6) is 0 Å². The van der Waals surface area contributed by atoms with Crippen LogP contribution in [0, 0.1) is 17.1 Å². The van der Waals surface area contributed by atoms with E-state index in [0.717, 1.165) is 0 Å². The van der Waals surface area contributed by atoms with E-state index in [9.17, 15) is 17.6 Å². The summed E-state index contributed by atoms with van der Waals surface area (Å²) in [6.07, 6.45) is -0.719. The fourth-order valence-electron chi connectivity index (χ4n) is 2.96. The number of cyclic esters (lactones) is 1. The summed E-state index contributed by atoms with van der Waals surface area (Å²) in [6, 6.07) is 6.26. The van der Waals surface area contributed by atoms with Crippen LogP contribution in [0.25, 0.3) is 0 Å². The fourth-order valence-corrected chi connectivity index (χ4v) is 4.45. The van der Waals surface area contributed by atoms with E-state index >= 15 is 0 Å². The highest BCUT2D eigenvalue weighted by molar-refractivity contribution is 7.91. The second-order valence-electron chi connectivity index (χ2n) is 5.74. The molecule has 8 heteroatoms. The number of hydrogen-bond acceptors (Lipinski definition) is 5. The van der Waals surface area contributed by atoms with Crippen LogP contribution in [0.2, 0.25) is 0 Å². The number of benzene rings is 1. The lowest BCUT2D eigenvalue weighted by atomic mass is 9.93. The predicted octanol–water partition coefficient (Wildman–Crippen LogP) is 1.97. The molecule has 23 heavy (non-hydrogen) atoms. The van der Waals surface area contributed by atoms with Gasteiger partial charge in [0.15, 0.2) is 0 Å². The first kappa shape index (κ1) is 15.7. The highest BCUT2D eigenvalue weighted by atomic mass is 32.2. The molecule has 2 fully saturated rings. The van der Waals surface area contributed by atoms with E-state index in [0.29, 0.717) is 24.1 Å². The number of nitriles is 1. The van der Waals surface area contributed by atoms with Crippen LogP contribution in [-0.4, -0.2) is 38.7 Å². The summed E-state index contributed by atoms with van der Waals surface area (Å²) >= 11 is 0. The second-order valence-corrected chi connectivity index (χ2v) is 8.05. The Balaban J connectivity index is 1.79.